The minimum Gasteiger partial charge on any atom is -0.326 e. The van der Waals surface area contributed by atoms with E-state index < -0.39 is 5.54 Å². The van der Waals surface area contributed by atoms with E-state index >= 15 is 0 Å². The Labute approximate surface area is 153 Å². The summed E-state index contributed by atoms with van der Waals surface area (Å²) < 4.78 is 0. The van der Waals surface area contributed by atoms with Gasteiger partial charge in [-0.3, -0.25) is 14.5 Å². The molecule has 3 aliphatic rings. The third-order valence-corrected chi connectivity index (χ3v) is 5.97. The van der Waals surface area contributed by atoms with Crippen molar-refractivity contribution in [3.05, 3.63) is 29.8 Å². The summed E-state index contributed by atoms with van der Waals surface area (Å²) in [6, 6.07) is 7.00. The number of anilines is 1. The van der Waals surface area contributed by atoms with Gasteiger partial charge >= 0.3 is 6.03 Å². The number of benzene rings is 1. The van der Waals surface area contributed by atoms with Gasteiger partial charge in [0.05, 0.1) is 6.54 Å². The molecule has 1 aliphatic heterocycles. The van der Waals surface area contributed by atoms with Crippen molar-refractivity contribution in [1.29, 1.82) is 0 Å². The first-order valence-electron chi connectivity index (χ1n) is 9.41. The average Bonchev–Trinajstić information content (AvgIpc) is 3.30. The molecule has 4 rings (SSSR count). The molecule has 2 saturated carbocycles. The average molecular weight is 355 g/mol. The quantitative estimate of drug-likeness (QED) is 0.815. The number of carbonyl (C=O) groups is 3. The lowest BCUT2D eigenvalue weighted by atomic mass is 10.0. The molecule has 138 valence electrons. The number of fused-ring (bicyclic) bond motifs is 1. The molecule has 6 heteroatoms. The van der Waals surface area contributed by atoms with Crippen molar-refractivity contribution in [1.82, 2.24) is 10.2 Å². The van der Waals surface area contributed by atoms with Gasteiger partial charge < -0.3 is 10.6 Å². The molecule has 2 N–H and O–H groups in total. The van der Waals surface area contributed by atoms with E-state index in [9.17, 15) is 14.4 Å². The van der Waals surface area contributed by atoms with Crippen LogP contribution in [-0.4, -0.2) is 28.3 Å². The van der Waals surface area contributed by atoms with E-state index in [1.807, 2.05) is 24.3 Å². The molecule has 2 atom stereocenters. The number of imide groups is 1. The van der Waals surface area contributed by atoms with Crippen LogP contribution in [0.1, 0.15) is 45.1 Å². The molecule has 6 nitrogen and oxygen atoms in total. The van der Waals surface area contributed by atoms with Crippen LogP contribution in [0.25, 0.3) is 0 Å². The summed E-state index contributed by atoms with van der Waals surface area (Å²) in [5.74, 6) is 1.27. The van der Waals surface area contributed by atoms with E-state index in [0.29, 0.717) is 11.8 Å². The molecule has 1 heterocycles. The largest absolute Gasteiger partial charge is 0.326 e. The number of amides is 4. The van der Waals surface area contributed by atoms with Gasteiger partial charge in [-0.15, -0.1) is 0 Å². The smallest absolute Gasteiger partial charge is 0.325 e. The first-order valence-corrected chi connectivity index (χ1v) is 9.41. The van der Waals surface area contributed by atoms with Crippen LogP contribution in [0.3, 0.4) is 0 Å². The first kappa shape index (κ1) is 17.1. The maximum Gasteiger partial charge on any atom is 0.325 e. The molecule has 0 spiro atoms. The van der Waals surface area contributed by atoms with Crippen molar-refractivity contribution in [2.75, 3.05) is 5.32 Å². The van der Waals surface area contributed by atoms with Gasteiger partial charge in [-0.25, -0.2) is 4.79 Å². The van der Waals surface area contributed by atoms with Gasteiger partial charge in [0.15, 0.2) is 0 Å². The standard InChI is InChI=1S/C20H25N3O3/c1-20(2)18(25)23(19(26)22-20)11-12-7-9-13(10-8-12)21-17(24)16-14-5-3-4-6-15(14)16/h7-10,14-16H,3-6,11H2,1-2H3,(H,21,24)(H,22,26). The number of hydrogen-bond donors (Lipinski definition) is 2. The molecule has 1 aromatic carbocycles. The predicted octanol–water partition coefficient (Wildman–Crippen LogP) is 2.89. The summed E-state index contributed by atoms with van der Waals surface area (Å²) in [6.07, 6.45) is 4.87. The second-order valence-corrected chi connectivity index (χ2v) is 8.27. The van der Waals surface area contributed by atoms with E-state index in [0.717, 1.165) is 11.3 Å². The summed E-state index contributed by atoms with van der Waals surface area (Å²) >= 11 is 0. The molecule has 3 fully saturated rings. The molecule has 2 unspecified atom stereocenters. The highest BCUT2D eigenvalue weighted by molar-refractivity contribution is 6.06. The molecule has 1 saturated heterocycles. The predicted molar refractivity (Wildman–Crippen MR) is 97.2 cm³/mol. The van der Waals surface area contributed by atoms with Gasteiger partial charge in [-0.2, -0.15) is 0 Å². The maximum atomic E-state index is 12.4. The number of rotatable bonds is 4. The fourth-order valence-corrected chi connectivity index (χ4v) is 4.44. The first-order chi connectivity index (χ1) is 12.4. The molecule has 0 radical (unpaired) electrons. The third-order valence-electron chi connectivity index (χ3n) is 5.97. The van der Waals surface area contributed by atoms with Crippen molar-refractivity contribution < 1.29 is 14.4 Å². The summed E-state index contributed by atoms with van der Waals surface area (Å²) in [5.41, 5.74) is 0.760. The molecule has 26 heavy (non-hydrogen) atoms. The van der Waals surface area contributed by atoms with Crippen LogP contribution >= 0.6 is 0 Å². The minimum atomic E-state index is -0.855. The zero-order valence-corrected chi connectivity index (χ0v) is 15.2. The van der Waals surface area contributed by atoms with Crippen LogP contribution in [0.15, 0.2) is 24.3 Å². The van der Waals surface area contributed by atoms with E-state index in [1.54, 1.807) is 13.8 Å². The number of hydrogen-bond acceptors (Lipinski definition) is 3. The van der Waals surface area contributed by atoms with Crippen LogP contribution in [-0.2, 0) is 16.1 Å². The van der Waals surface area contributed by atoms with E-state index in [2.05, 4.69) is 10.6 Å². The second-order valence-electron chi connectivity index (χ2n) is 8.27. The van der Waals surface area contributed by atoms with Crippen molar-refractivity contribution >= 4 is 23.5 Å². The Morgan fingerprint density at radius 3 is 2.31 bits per heavy atom. The maximum absolute atomic E-state index is 12.4. The molecule has 0 aromatic heterocycles. The number of nitrogens with zero attached hydrogens (tertiary/aromatic N) is 1. The monoisotopic (exact) mass is 355 g/mol. The lowest BCUT2D eigenvalue weighted by molar-refractivity contribution is -0.130. The van der Waals surface area contributed by atoms with E-state index in [-0.39, 0.29) is 30.3 Å². The fourth-order valence-electron chi connectivity index (χ4n) is 4.44. The molecule has 0 bridgehead atoms. The van der Waals surface area contributed by atoms with E-state index in [1.165, 1.54) is 30.6 Å². The van der Waals surface area contributed by atoms with Gasteiger partial charge in [-0.05, 0) is 56.2 Å². The summed E-state index contributed by atoms with van der Waals surface area (Å²) in [5, 5.41) is 5.69. The number of nitrogens with one attached hydrogen (secondary N) is 2. The Morgan fingerprint density at radius 1 is 1.15 bits per heavy atom. The van der Waals surface area contributed by atoms with Crippen molar-refractivity contribution in [2.45, 2.75) is 51.6 Å². The topological polar surface area (TPSA) is 78.5 Å². The zero-order chi connectivity index (χ0) is 18.5. The SMILES string of the molecule is CC1(C)NC(=O)N(Cc2ccc(NC(=O)C3C4CCCCC43)cc2)C1=O. The van der Waals surface area contributed by atoms with Crippen LogP contribution in [0.2, 0.25) is 0 Å². The highest BCUT2D eigenvalue weighted by Crippen LogP contribution is 2.55. The third kappa shape index (κ3) is 2.97. The second kappa shape index (κ2) is 6.11. The number of carbonyl (C=O) groups excluding carboxylic acids is 3. The summed E-state index contributed by atoms with van der Waals surface area (Å²) in [6.45, 7) is 3.62. The zero-order valence-electron chi connectivity index (χ0n) is 15.2. The number of urea groups is 1. The molecule has 4 amide bonds. The molecule has 2 aliphatic carbocycles. The summed E-state index contributed by atoms with van der Waals surface area (Å²) in [4.78, 5) is 37.9. The Kier molecular flexibility index (Phi) is 4.01. The Morgan fingerprint density at radius 2 is 1.77 bits per heavy atom. The lowest BCUT2D eigenvalue weighted by Crippen LogP contribution is -2.40. The lowest BCUT2D eigenvalue weighted by Gasteiger charge is -2.16. The van der Waals surface area contributed by atoms with Crippen LogP contribution in [0.5, 0.6) is 0 Å². The van der Waals surface area contributed by atoms with Gasteiger partial charge in [0.25, 0.3) is 5.91 Å². The van der Waals surface area contributed by atoms with Crippen LogP contribution in [0, 0.1) is 17.8 Å². The van der Waals surface area contributed by atoms with Gasteiger partial charge in [0, 0.05) is 11.6 Å². The van der Waals surface area contributed by atoms with Crippen molar-refractivity contribution in [2.24, 2.45) is 17.8 Å². The Hall–Kier alpha value is -2.37. The Bertz CT molecular complexity index is 744. The molecular weight excluding hydrogens is 330 g/mol. The van der Waals surface area contributed by atoms with E-state index in [4.69, 9.17) is 0 Å². The van der Waals surface area contributed by atoms with Crippen LogP contribution < -0.4 is 10.6 Å². The van der Waals surface area contributed by atoms with Gasteiger partial charge in [0.2, 0.25) is 5.91 Å². The molecule has 1 aromatic rings. The summed E-state index contributed by atoms with van der Waals surface area (Å²) in [7, 11) is 0. The highest BCUT2D eigenvalue weighted by atomic mass is 16.2. The highest BCUT2D eigenvalue weighted by Gasteiger charge is 2.54. The normalized spacial score (nSPS) is 29.2. The van der Waals surface area contributed by atoms with Gasteiger partial charge in [-0.1, -0.05) is 25.0 Å². The van der Waals surface area contributed by atoms with Crippen LogP contribution in [0.4, 0.5) is 10.5 Å². The molecular formula is C20H25N3O3. The minimum absolute atomic E-state index is 0.130. The fraction of sp³-hybridized carbons (Fsp3) is 0.550. The van der Waals surface area contributed by atoms with Crippen molar-refractivity contribution in [3.8, 4) is 0 Å². The van der Waals surface area contributed by atoms with Gasteiger partial charge in [0.1, 0.15) is 5.54 Å². The Balaban J connectivity index is 1.36. The van der Waals surface area contributed by atoms with Crippen molar-refractivity contribution in [3.63, 3.8) is 0 Å².